The Kier molecular flexibility index (Phi) is 4.60. The Hall–Kier alpha value is -0.910. The first kappa shape index (κ1) is 14.5. The molecule has 0 saturated carbocycles. The summed E-state index contributed by atoms with van der Waals surface area (Å²) >= 11 is 4.56. The third kappa shape index (κ3) is 3.35. The standard InChI is InChI=1S/C14H14BrFN2S/c1-8-5-9(2)18-12(6-8)19-11-4-3-10(7-17)13(15)14(11)16/h3-6H,7,17H2,1-2H3. The zero-order valence-electron chi connectivity index (χ0n) is 10.7. The van der Waals surface area contributed by atoms with Crippen molar-refractivity contribution >= 4 is 27.7 Å². The molecule has 1 heterocycles. The second kappa shape index (κ2) is 6.03. The van der Waals surface area contributed by atoms with E-state index in [9.17, 15) is 4.39 Å². The van der Waals surface area contributed by atoms with Crippen molar-refractivity contribution in [3.8, 4) is 0 Å². The molecular weight excluding hydrogens is 327 g/mol. The van der Waals surface area contributed by atoms with Gasteiger partial charge in [0.1, 0.15) is 5.03 Å². The van der Waals surface area contributed by atoms with Crippen molar-refractivity contribution in [1.29, 1.82) is 0 Å². The van der Waals surface area contributed by atoms with E-state index in [4.69, 9.17) is 5.73 Å². The molecule has 19 heavy (non-hydrogen) atoms. The molecule has 0 saturated heterocycles. The number of aromatic nitrogens is 1. The average molecular weight is 341 g/mol. The molecule has 0 unspecified atom stereocenters. The molecular formula is C14H14BrFN2S. The van der Waals surface area contributed by atoms with Crippen LogP contribution in [0.1, 0.15) is 16.8 Å². The monoisotopic (exact) mass is 340 g/mol. The number of rotatable bonds is 3. The molecule has 1 aromatic carbocycles. The average Bonchev–Trinajstić information content (AvgIpc) is 2.34. The van der Waals surface area contributed by atoms with Crippen LogP contribution in [0.25, 0.3) is 0 Å². The molecule has 2 rings (SSSR count). The van der Waals surface area contributed by atoms with Crippen LogP contribution in [0, 0.1) is 19.7 Å². The van der Waals surface area contributed by atoms with Gasteiger partial charge >= 0.3 is 0 Å². The molecule has 0 amide bonds. The van der Waals surface area contributed by atoms with Crippen LogP contribution in [0.15, 0.2) is 38.7 Å². The zero-order chi connectivity index (χ0) is 14.0. The molecule has 0 aliphatic rings. The SMILES string of the molecule is Cc1cc(C)nc(Sc2ccc(CN)c(Br)c2F)c1. The quantitative estimate of drug-likeness (QED) is 0.909. The minimum atomic E-state index is -0.283. The van der Waals surface area contributed by atoms with Gasteiger partial charge in [0.15, 0.2) is 5.82 Å². The summed E-state index contributed by atoms with van der Waals surface area (Å²) in [6.07, 6.45) is 0. The van der Waals surface area contributed by atoms with Crippen LogP contribution in [0.4, 0.5) is 4.39 Å². The number of aryl methyl sites for hydroxylation is 2. The van der Waals surface area contributed by atoms with Crippen molar-refractivity contribution in [3.63, 3.8) is 0 Å². The molecule has 100 valence electrons. The molecule has 0 bridgehead atoms. The highest BCUT2D eigenvalue weighted by molar-refractivity contribution is 9.10. The highest BCUT2D eigenvalue weighted by atomic mass is 79.9. The van der Waals surface area contributed by atoms with E-state index < -0.39 is 0 Å². The van der Waals surface area contributed by atoms with Gasteiger partial charge in [-0.2, -0.15) is 0 Å². The molecule has 0 fully saturated rings. The summed E-state index contributed by atoms with van der Waals surface area (Å²) in [5.41, 5.74) is 8.36. The summed E-state index contributed by atoms with van der Waals surface area (Å²) in [4.78, 5) is 4.94. The van der Waals surface area contributed by atoms with Crippen molar-refractivity contribution in [2.45, 2.75) is 30.3 Å². The summed E-state index contributed by atoms with van der Waals surface area (Å²) in [5, 5.41) is 0.795. The van der Waals surface area contributed by atoms with Crippen molar-refractivity contribution in [2.75, 3.05) is 0 Å². The number of nitrogens with two attached hydrogens (primary N) is 1. The Balaban J connectivity index is 2.36. The van der Waals surface area contributed by atoms with Gasteiger partial charge in [-0.05, 0) is 59.1 Å². The van der Waals surface area contributed by atoms with Gasteiger partial charge in [0, 0.05) is 12.2 Å². The summed E-state index contributed by atoms with van der Waals surface area (Å²) in [6, 6.07) is 7.51. The Morgan fingerprint density at radius 1 is 1.32 bits per heavy atom. The maximum atomic E-state index is 14.2. The molecule has 0 aliphatic carbocycles. The van der Waals surface area contributed by atoms with Crippen molar-refractivity contribution in [2.24, 2.45) is 5.73 Å². The fourth-order valence-electron chi connectivity index (χ4n) is 1.78. The third-order valence-electron chi connectivity index (χ3n) is 2.64. The van der Waals surface area contributed by atoms with Crippen LogP contribution >= 0.6 is 27.7 Å². The molecule has 1 aromatic heterocycles. The van der Waals surface area contributed by atoms with E-state index in [2.05, 4.69) is 20.9 Å². The summed E-state index contributed by atoms with van der Waals surface area (Å²) in [7, 11) is 0. The zero-order valence-corrected chi connectivity index (χ0v) is 13.1. The van der Waals surface area contributed by atoms with E-state index in [1.807, 2.05) is 32.0 Å². The van der Waals surface area contributed by atoms with Crippen LogP contribution in [-0.4, -0.2) is 4.98 Å². The van der Waals surface area contributed by atoms with Crippen molar-refractivity contribution in [1.82, 2.24) is 4.98 Å². The molecule has 2 N–H and O–H groups in total. The number of hydrogen-bond acceptors (Lipinski definition) is 3. The van der Waals surface area contributed by atoms with Crippen LogP contribution in [-0.2, 0) is 6.54 Å². The Morgan fingerprint density at radius 2 is 2.05 bits per heavy atom. The van der Waals surface area contributed by atoms with Gasteiger partial charge in [0.2, 0.25) is 0 Å². The van der Waals surface area contributed by atoms with E-state index in [0.29, 0.717) is 15.9 Å². The number of benzene rings is 1. The highest BCUT2D eigenvalue weighted by Crippen LogP contribution is 2.34. The maximum absolute atomic E-state index is 14.2. The second-order valence-corrected chi connectivity index (χ2v) is 6.14. The lowest BCUT2D eigenvalue weighted by Gasteiger charge is -2.08. The largest absolute Gasteiger partial charge is 0.326 e. The van der Waals surface area contributed by atoms with Gasteiger partial charge in [-0.1, -0.05) is 17.8 Å². The molecule has 2 aromatic rings. The second-order valence-electron chi connectivity index (χ2n) is 4.28. The number of hydrogen-bond donors (Lipinski definition) is 1. The Morgan fingerprint density at radius 3 is 2.68 bits per heavy atom. The predicted octanol–water partition coefficient (Wildman–Crippen LogP) is 4.21. The van der Waals surface area contributed by atoms with E-state index in [1.165, 1.54) is 11.8 Å². The molecule has 0 atom stereocenters. The lowest BCUT2D eigenvalue weighted by atomic mass is 10.2. The maximum Gasteiger partial charge on any atom is 0.151 e. The number of pyridine rings is 1. The molecule has 2 nitrogen and oxygen atoms in total. The van der Waals surface area contributed by atoms with Crippen molar-refractivity contribution in [3.05, 3.63) is 51.4 Å². The van der Waals surface area contributed by atoms with Crippen molar-refractivity contribution < 1.29 is 4.39 Å². The first-order chi connectivity index (χ1) is 9.01. The first-order valence-electron chi connectivity index (χ1n) is 5.81. The van der Waals surface area contributed by atoms with Gasteiger partial charge in [0.05, 0.1) is 9.37 Å². The summed E-state index contributed by atoms with van der Waals surface area (Å²) in [5.74, 6) is -0.283. The van der Waals surface area contributed by atoms with Crippen LogP contribution in [0.3, 0.4) is 0 Å². The minimum Gasteiger partial charge on any atom is -0.326 e. The van der Waals surface area contributed by atoms with Crippen LogP contribution in [0.5, 0.6) is 0 Å². The third-order valence-corrected chi connectivity index (χ3v) is 4.45. The van der Waals surface area contributed by atoms with Gasteiger partial charge in [-0.3, -0.25) is 0 Å². The van der Waals surface area contributed by atoms with Crippen LogP contribution < -0.4 is 5.73 Å². The minimum absolute atomic E-state index is 0.283. The topological polar surface area (TPSA) is 38.9 Å². The molecule has 0 spiro atoms. The van der Waals surface area contributed by atoms with E-state index in [-0.39, 0.29) is 5.82 Å². The molecule has 0 aliphatic heterocycles. The van der Waals surface area contributed by atoms with Gasteiger partial charge in [-0.25, -0.2) is 9.37 Å². The lowest BCUT2D eigenvalue weighted by Crippen LogP contribution is -1.99. The van der Waals surface area contributed by atoms with E-state index >= 15 is 0 Å². The number of halogens is 2. The Bertz CT molecular complexity index is 596. The normalized spacial score (nSPS) is 10.8. The fourth-order valence-corrected chi connectivity index (χ4v) is 3.40. The number of nitrogens with zero attached hydrogens (tertiary/aromatic N) is 1. The summed E-state index contributed by atoms with van der Waals surface area (Å²) < 4.78 is 14.6. The van der Waals surface area contributed by atoms with E-state index in [0.717, 1.165) is 21.8 Å². The first-order valence-corrected chi connectivity index (χ1v) is 7.42. The Labute approximate surface area is 124 Å². The van der Waals surface area contributed by atoms with Crippen LogP contribution in [0.2, 0.25) is 0 Å². The van der Waals surface area contributed by atoms with E-state index in [1.54, 1.807) is 6.07 Å². The fraction of sp³-hybridized carbons (Fsp3) is 0.214. The van der Waals surface area contributed by atoms with Gasteiger partial charge < -0.3 is 5.73 Å². The van der Waals surface area contributed by atoms with Gasteiger partial charge in [-0.15, -0.1) is 0 Å². The smallest absolute Gasteiger partial charge is 0.151 e. The predicted molar refractivity (Wildman–Crippen MR) is 79.8 cm³/mol. The summed E-state index contributed by atoms with van der Waals surface area (Å²) in [6.45, 7) is 4.24. The van der Waals surface area contributed by atoms with Gasteiger partial charge in [0.25, 0.3) is 0 Å². The molecule has 5 heteroatoms. The lowest BCUT2D eigenvalue weighted by molar-refractivity contribution is 0.592. The highest BCUT2D eigenvalue weighted by Gasteiger charge is 2.12. The molecule has 0 radical (unpaired) electrons.